The van der Waals surface area contributed by atoms with E-state index in [4.69, 9.17) is 0 Å². The standard InChI is InChI=1S/C20H10/c1-5-8-11-14-17-20(18-15-12-9-6-2)19(4)16-13-10-7-3/h17H,1-3H2,4H3. The number of allylic oxidation sites excluding steroid dienone is 3. The number of hydrogen-bond acceptors (Lipinski definition) is 0. The lowest BCUT2D eigenvalue weighted by Crippen LogP contribution is -1.74. The van der Waals surface area contributed by atoms with Gasteiger partial charge in [0.05, 0.1) is 0 Å². The first-order valence-corrected chi connectivity index (χ1v) is 5.39. The van der Waals surface area contributed by atoms with Gasteiger partial charge in [-0.15, -0.1) is 0 Å². The molecule has 0 fully saturated rings. The first kappa shape index (κ1) is 16.4. The molecule has 20 heavy (non-hydrogen) atoms. The Morgan fingerprint density at radius 2 is 1.25 bits per heavy atom. The molecule has 0 atom stereocenters. The molecule has 0 aliphatic rings. The Kier molecular flexibility index (Phi) is 9.68. The first-order valence-electron chi connectivity index (χ1n) is 5.39. The second kappa shape index (κ2) is 11.8. The van der Waals surface area contributed by atoms with Gasteiger partial charge >= 0.3 is 0 Å². The van der Waals surface area contributed by atoms with Crippen LogP contribution in [0.4, 0.5) is 0 Å². The van der Waals surface area contributed by atoms with Crippen LogP contribution in [0.2, 0.25) is 0 Å². The summed E-state index contributed by atoms with van der Waals surface area (Å²) in [7, 11) is 0. The molecular weight excluding hydrogens is 240 g/mol. The molecule has 0 rings (SSSR count). The lowest BCUT2D eigenvalue weighted by Gasteiger charge is -1.89. The van der Waals surface area contributed by atoms with Crippen LogP contribution in [0.3, 0.4) is 0 Å². The molecule has 0 amide bonds. The van der Waals surface area contributed by atoms with Crippen molar-refractivity contribution in [1.29, 1.82) is 0 Å². The molecule has 0 aliphatic carbocycles. The van der Waals surface area contributed by atoms with Gasteiger partial charge in [0.25, 0.3) is 0 Å². The fourth-order valence-corrected chi connectivity index (χ4v) is 0.837. The maximum atomic E-state index is 3.38. The Bertz CT molecular complexity index is 898. The molecule has 0 spiro atoms. The van der Waals surface area contributed by atoms with Crippen molar-refractivity contribution in [3.8, 4) is 0 Å². The van der Waals surface area contributed by atoms with Gasteiger partial charge in [0.15, 0.2) is 0 Å². The van der Waals surface area contributed by atoms with Gasteiger partial charge in [-0.05, 0) is 66.8 Å². The Morgan fingerprint density at radius 1 is 0.700 bits per heavy atom. The van der Waals surface area contributed by atoms with Gasteiger partial charge in [-0.1, -0.05) is 34.4 Å². The summed E-state index contributed by atoms with van der Waals surface area (Å²) in [6.45, 7) is 11.9. The molecule has 0 unspecified atom stereocenters. The molecule has 0 nitrogen and oxygen atoms in total. The van der Waals surface area contributed by atoms with Gasteiger partial charge in [-0.3, -0.25) is 0 Å². The van der Waals surface area contributed by atoms with Crippen LogP contribution >= 0.6 is 0 Å². The summed E-state index contributed by atoms with van der Waals surface area (Å²) in [4.78, 5) is 0. The molecule has 0 saturated carbocycles. The van der Waals surface area contributed by atoms with Crippen molar-refractivity contribution in [3.63, 3.8) is 0 Å². The molecule has 0 N–H and O–H groups in total. The van der Waals surface area contributed by atoms with Gasteiger partial charge in [0.1, 0.15) is 0 Å². The van der Waals surface area contributed by atoms with Crippen LogP contribution < -0.4 is 0 Å². The third-order valence-electron chi connectivity index (χ3n) is 1.66. The van der Waals surface area contributed by atoms with Crippen LogP contribution in [-0.4, -0.2) is 0 Å². The van der Waals surface area contributed by atoms with E-state index in [9.17, 15) is 0 Å². The average Bonchev–Trinajstić information content (AvgIpc) is 2.45. The highest BCUT2D eigenvalue weighted by Crippen LogP contribution is 2.06. The fraction of sp³-hybridized carbons (Fsp3) is 0.0500. The molecule has 0 aromatic rings. The highest BCUT2D eigenvalue weighted by atomic mass is 13.9. The van der Waals surface area contributed by atoms with Crippen molar-refractivity contribution < 1.29 is 0 Å². The molecule has 0 saturated heterocycles. The minimum atomic E-state index is 0.653. The van der Waals surface area contributed by atoms with Gasteiger partial charge in [0, 0.05) is 17.2 Å². The summed E-state index contributed by atoms with van der Waals surface area (Å²) in [6, 6.07) is 0. The predicted octanol–water partition coefficient (Wildman–Crippen LogP) is 4.32. The highest BCUT2D eigenvalue weighted by molar-refractivity contribution is 5.36. The summed E-state index contributed by atoms with van der Waals surface area (Å²) < 4.78 is 0. The second-order valence-corrected chi connectivity index (χ2v) is 2.98. The number of rotatable bonds is 2. The van der Waals surface area contributed by atoms with Crippen LogP contribution in [0, 0.1) is 0 Å². The van der Waals surface area contributed by atoms with E-state index in [0.29, 0.717) is 5.57 Å². The Morgan fingerprint density at radius 3 is 1.90 bits per heavy atom. The summed E-state index contributed by atoms with van der Waals surface area (Å²) in [5.74, 6) is 0. The lowest BCUT2D eigenvalue weighted by molar-refractivity contribution is 1.46. The van der Waals surface area contributed by atoms with E-state index in [-0.39, 0.29) is 0 Å². The largest absolute Gasteiger partial charge is 0.0687 e. The lowest BCUT2D eigenvalue weighted by atomic mass is 10.1. The SMILES string of the molecule is C=C=C=C=C=C=C(C=C=C=C=C=C)C(C)=C=C=C=C=C. The molecule has 0 bridgehead atoms. The van der Waals surface area contributed by atoms with E-state index >= 15 is 0 Å². The zero-order valence-electron chi connectivity index (χ0n) is 11.2. The monoisotopic (exact) mass is 250 g/mol. The van der Waals surface area contributed by atoms with E-state index in [2.05, 4.69) is 94.2 Å². The topological polar surface area (TPSA) is 0 Å². The molecule has 0 aromatic carbocycles. The summed E-state index contributed by atoms with van der Waals surface area (Å²) >= 11 is 0. The molecule has 0 heteroatoms. The van der Waals surface area contributed by atoms with Crippen molar-refractivity contribution >= 4 is 0 Å². The normalized spacial score (nSPS) is 5.25. The third-order valence-corrected chi connectivity index (χ3v) is 1.66. The molecule has 0 aromatic heterocycles. The van der Waals surface area contributed by atoms with Crippen LogP contribution in [0.15, 0.2) is 111 Å². The minimum Gasteiger partial charge on any atom is -0.0687 e. The van der Waals surface area contributed by atoms with Gasteiger partial charge in [-0.25, -0.2) is 0 Å². The average molecular weight is 250 g/mol. The molecule has 0 aliphatic heterocycles. The van der Waals surface area contributed by atoms with Crippen molar-refractivity contribution in [2.45, 2.75) is 6.92 Å². The third kappa shape index (κ3) is 8.50. The predicted molar refractivity (Wildman–Crippen MR) is 79.8 cm³/mol. The van der Waals surface area contributed by atoms with E-state index in [1.165, 1.54) is 0 Å². The van der Waals surface area contributed by atoms with Crippen LogP contribution in [0.25, 0.3) is 0 Å². The van der Waals surface area contributed by atoms with Crippen LogP contribution in [-0.2, 0) is 0 Å². The fourth-order valence-electron chi connectivity index (χ4n) is 0.837. The summed E-state index contributed by atoms with van der Waals surface area (Å²) in [5, 5.41) is 0. The summed E-state index contributed by atoms with van der Waals surface area (Å²) in [5.41, 5.74) is 35.3. The van der Waals surface area contributed by atoms with Gasteiger partial charge < -0.3 is 0 Å². The summed E-state index contributed by atoms with van der Waals surface area (Å²) in [6.07, 6.45) is 1.62. The molecule has 0 radical (unpaired) electrons. The Balaban J connectivity index is 6.51. The Hall–Kier alpha value is -3.64. The Labute approximate surface area is 119 Å². The minimum absolute atomic E-state index is 0.653. The number of hydrogen-bond donors (Lipinski definition) is 0. The van der Waals surface area contributed by atoms with Crippen molar-refractivity contribution in [2.24, 2.45) is 0 Å². The van der Waals surface area contributed by atoms with Gasteiger partial charge in [0.2, 0.25) is 0 Å². The zero-order chi connectivity index (χ0) is 15.1. The maximum Gasteiger partial charge on any atom is 0.0452 e. The van der Waals surface area contributed by atoms with E-state index in [1.807, 2.05) is 6.92 Å². The zero-order valence-corrected chi connectivity index (χ0v) is 11.2. The van der Waals surface area contributed by atoms with Crippen molar-refractivity contribution in [1.82, 2.24) is 0 Å². The highest BCUT2D eigenvalue weighted by Gasteiger charge is 1.91. The van der Waals surface area contributed by atoms with Crippen molar-refractivity contribution in [3.05, 3.63) is 111 Å². The maximum absolute atomic E-state index is 3.38. The molecular formula is C20H10. The van der Waals surface area contributed by atoms with Crippen LogP contribution in [0.5, 0.6) is 0 Å². The van der Waals surface area contributed by atoms with E-state index in [1.54, 1.807) is 6.08 Å². The van der Waals surface area contributed by atoms with E-state index < -0.39 is 0 Å². The van der Waals surface area contributed by atoms with Gasteiger partial charge in [-0.2, -0.15) is 0 Å². The molecule has 0 heterocycles. The first-order chi connectivity index (χ1) is 9.76. The van der Waals surface area contributed by atoms with Crippen LogP contribution in [0.1, 0.15) is 6.92 Å². The quantitative estimate of drug-likeness (QED) is 0.505. The van der Waals surface area contributed by atoms with Crippen molar-refractivity contribution in [2.75, 3.05) is 0 Å². The smallest absolute Gasteiger partial charge is 0.0452 e. The molecule has 90 valence electrons. The van der Waals surface area contributed by atoms with E-state index in [0.717, 1.165) is 5.57 Å². The second-order valence-electron chi connectivity index (χ2n) is 2.98.